The fourth-order valence-electron chi connectivity index (χ4n) is 2.89. The molecule has 0 aromatic carbocycles. The molecule has 0 amide bonds. The summed E-state index contributed by atoms with van der Waals surface area (Å²) in [7, 11) is 1.77. The van der Waals surface area contributed by atoms with Gasteiger partial charge in [-0.1, -0.05) is 0 Å². The molecule has 9 heteroatoms. The Labute approximate surface area is 142 Å². The monoisotopic (exact) mass is 345 g/mol. The van der Waals surface area contributed by atoms with E-state index in [1.165, 1.54) is 19.0 Å². The van der Waals surface area contributed by atoms with Gasteiger partial charge < -0.3 is 10.2 Å². The Morgan fingerprint density at radius 2 is 2.17 bits per heavy atom. The number of hydrogen-bond acceptors (Lipinski definition) is 7. The number of fused-ring (bicyclic) bond motifs is 1. The Morgan fingerprint density at radius 1 is 1.33 bits per heavy atom. The van der Waals surface area contributed by atoms with Crippen molar-refractivity contribution in [1.29, 1.82) is 0 Å². The van der Waals surface area contributed by atoms with Crippen LogP contribution in [0.5, 0.6) is 0 Å². The van der Waals surface area contributed by atoms with Crippen LogP contribution in [0.15, 0.2) is 16.4 Å². The van der Waals surface area contributed by atoms with Crippen LogP contribution in [0.1, 0.15) is 18.5 Å². The van der Waals surface area contributed by atoms with Gasteiger partial charge in [-0.15, -0.1) is 11.3 Å². The summed E-state index contributed by atoms with van der Waals surface area (Å²) in [6.07, 6.45) is 4.83. The minimum absolute atomic E-state index is 0.180. The molecular weight excluding hydrogens is 326 g/mol. The number of aromatic nitrogens is 5. The number of hydrogen-bond donors (Lipinski definition) is 2. The van der Waals surface area contributed by atoms with Crippen LogP contribution in [0, 0.1) is 0 Å². The SMILES string of the molecule is Cn1ncc2c(=O)[nH]c(NCCc3csc(N4CCCC4)n3)nc21. The second-order valence-electron chi connectivity index (χ2n) is 5.91. The van der Waals surface area contributed by atoms with Crippen molar-refractivity contribution in [3.63, 3.8) is 0 Å². The highest BCUT2D eigenvalue weighted by atomic mass is 32.1. The van der Waals surface area contributed by atoms with Crippen LogP contribution in [0.4, 0.5) is 11.1 Å². The molecule has 2 N–H and O–H groups in total. The van der Waals surface area contributed by atoms with Gasteiger partial charge in [-0.05, 0) is 12.8 Å². The molecule has 126 valence electrons. The summed E-state index contributed by atoms with van der Waals surface area (Å²) in [6, 6.07) is 0. The summed E-state index contributed by atoms with van der Waals surface area (Å²) in [5.41, 5.74) is 1.46. The minimum atomic E-state index is -0.180. The molecule has 3 aromatic heterocycles. The van der Waals surface area contributed by atoms with Crippen LogP contribution in [-0.2, 0) is 13.5 Å². The van der Waals surface area contributed by atoms with Gasteiger partial charge in [-0.3, -0.25) is 14.5 Å². The number of aromatic amines is 1. The molecule has 1 aliphatic heterocycles. The molecule has 0 spiro atoms. The van der Waals surface area contributed by atoms with Crippen LogP contribution in [0.2, 0.25) is 0 Å². The first-order valence-corrected chi connectivity index (χ1v) is 8.94. The number of anilines is 2. The summed E-state index contributed by atoms with van der Waals surface area (Å²) in [4.78, 5) is 26.2. The zero-order valence-electron chi connectivity index (χ0n) is 13.4. The molecule has 0 radical (unpaired) electrons. The molecule has 4 heterocycles. The lowest BCUT2D eigenvalue weighted by molar-refractivity contribution is 0.785. The predicted octanol–water partition coefficient (Wildman–Crippen LogP) is 1.37. The molecule has 4 rings (SSSR count). The van der Waals surface area contributed by atoms with Gasteiger partial charge in [0.1, 0.15) is 5.39 Å². The molecule has 8 nitrogen and oxygen atoms in total. The molecule has 24 heavy (non-hydrogen) atoms. The molecule has 0 bridgehead atoms. The maximum atomic E-state index is 12.0. The third kappa shape index (κ3) is 2.86. The summed E-state index contributed by atoms with van der Waals surface area (Å²) in [6.45, 7) is 2.89. The molecule has 1 fully saturated rings. The molecule has 0 atom stereocenters. The van der Waals surface area contributed by atoms with Crippen molar-refractivity contribution in [1.82, 2.24) is 24.7 Å². The standard InChI is InChI=1S/C15H19N7OS/c1-21-12-11(8-17-21)13(23)20-14(19-12)16-5-4-10-9-24-15(18-10)22-6-2-3-7-22/h8-9H,2-7H2,1H3,(H2,16,19,20,23). The fourth-order valence-corrected chi connectivity index (χ4v) is 3.80. The second kappa shape index (κ2) is 6.23. The van der Waals surface area contributed by atoms with Crippen molar-refractivity contribution in [2.45, 2.75) is 19.3 Å². The minimum Gasteiger partial charge on any atom is -0.355 e. The largest absolute Gasteiger partial charge is 0.355 e. The molecule has 1 aliphatic rings. The molecule has 3 aromatic rings. The van der Waals surface area contributed by atoms with E-state index >= 15 is 0 Å². The maximum Gasteiger partial charge on any atom is 0.263 e. The van der Waals surface area contributed by atoms with E-state index in [1.54, 1.807) is 23.1 Å². The van der Waals surface area contributed by atoms with Gasteiger partial charge in [-0.2, -0.15) is 10.1 Å². The Hall–Kier alpha value is -2.42. The molecule has 0 saturated carbocycles. The lowest BCUT2D eigenvalue weighted by Gasteiger charge is -2.12. The van der Waals surface area contributed by atoms with Gasteiger partial charge in [0.15, 0.2) is 10.8 Å². The van der Waals surface area contributed by atoms with Gasteiger partial charge >= 0.3 is 0 Å². The number of nitrogens with zero attached hydrogens (tertiary/aromatic N) is 5. The molecule has 0 aliphatic carbocycles. The Morgan fingerprint density at radius 3 is 3.00 bits per heavy atom. The lowest BCUT2D eigenvalue weighted by Crippen LogP contribution is -2.17. The van der Waals surface area contributed by atoms with E-state index in [0.717, 1.165) is 30.3 Å². The Balaban J connectivity index is 1.40. The van der Waals surface area contributed by atoms with E-state index in [-0.39, 0.29) is 5.56 Å². The lowest BCUT2D eigenvalue weighted by atomic mass is 10.3. The zero-order valence-corrected chi connectivity index (χ0v) is 14.3. The van der Waals surface area contributed by atoms with Crippen LogP contribution in [0.3, 0.4) is 0 Å². The average Bonchev–Trinajstić information content (AvgIpc) is 3.29. The quantitative estimate of drug-likeness (QED) is 0.726. The highest BCUT2D eigenvalue weighted by Crippen LogP contribution is 2.24. The zero-order chi connectivity index (χ0) is 16.5. The van der Waals surface area contributed by atoms with Crippen LogP contribution < -0.4 is 15.8 Å². The summed E-state index contributed by atoms with van der Waals surface area (Å²) in [5, 5.41) is 10.9. The van der Waals surface area contributed by atoms with Gasteiger partial charge in [0, 0.05) is 38.5 Å². The van der Waals surface area contributed by atoms with E-state index in [1.807, 2.05) is 0 Å². The van der Waals surface area contributed by atoms with Crippen molar-refractivity contribution in [2.24, 2.45) is 7.05 Å². The van der Waals surface area contributed by atoms with Crippen molar-refractivity contribution in [2.75, 3.05) is 29.9 Å². The maximum absolute atomic E-state index is 12.0. The number of H-pyrrole nitrogens is 1. The normalized spacial score (nSPS) is 14.6. The third-order valence-corrected chi connectivity index (χ3v) is 5.14. The molecule has 1 saturated heterocycles. The summed E-state index contributed by atoms with van der Waals surface area (Å²) < 4.78 is 1.60. The number of nitrogens with one attached hydrogen (secondary N) is 2. The first-order chi connectivity index (χ1) is 11.7. The number of rotatable bonds is 5. The predicted molar refractivity (Wildman–Crippen MR) is 94.9 cm³/mol. The van der Waals surface area contributed by atoms with E-state index in [0.29, 0.717) is 23.5 Å². The third-order valence-electron chi connectivity index (χ3n) is 4.19. The summed E-state index contributed by atoms with van der Waals surface area (Å²) in [5.74, 6) is 0.464. The van der Waals surface area contributed by atoms with Crippen molar-refractivity contribution >= 4 is 33.5 Å². The van der Waals surface area contributed by atoms with Crippen LogP contribution >= 0.6 is 11.3 Å². The highest BCUT2D eigenvalue weighted by molar-refractivity contribution is 7.13. The Bertz CT molecular complexity index is 906. The van der Waals surface area contributed by atoms with Gasteiger partial charge in [0.25, 0.3) is 5.56 Å². The second-order valence-corrected chi connectivity index (χ2v) is 6.75. The topological polar surface area (TPSA) is 91.7 Å². The van der Waals surface area contributed by atoms with E-state index in [2.05, 4.69) is 30.7 Å². The van der Waals surface area contributed by atoms with Crippen LogP contribution in [-0.4, -0.2) is 44.4 Å². The first-order valence-electron chi connectivity index (χ1n) is 8.06. The average molecular weight is 345 g/mol. The van der Waals surface area contributed by atoms with Gasteiger partial charge in [-0.25, -0.2) is 4.98 Å². The van der Waals surface area contributed by atoms with Crippen molar-refractivity contribution in [3.05, 3.63) is 27.6 Å². The molecular formula is C15H19N7OS. The Kier molecular flexibility index (Phi) is 3.93. The van der Waals surface area contributed by atoms with E-state index < -0.39 is 0 Å². The number of thiazole rings is 1. The van der Waals surface area contributed by atoms with E-state index in [9.17, 15) is 4.79 Å². The smallest absolute Gasteiger partial charge is 0.263 e. The fraction of sp³-hybridized carbons (Fsp3) is 0.467. The number of aryl methyl sites for hydroxylation is 1. The summed E-state index contributed by atoms with van der Waals surface area (Å²) >= 11 is 1.70. The van der Waals surface area contributed by atoms with E-state index in [4.69, 9.17) is 4.98 Å². The molecule has 0 unspecified atom stereocenters. The van der Waals surface area contributed by atoms with Crippen molar-refractivity contribution < 1.29 is 0 Å². The highest BCUT2D eigenvalue weighted by Gasteiger charge is 2.15. The first kappa shape index (κ1) is 15.1. The van der Waals surface area contributed by atoms with Gasteiger partial charge in [0.2, 0.25) is 5.95 Å². The van der Waals surface area contributed by atoms with Crippen LogP contribution in [0.25, 0.3) is 11.0 Å². The van der Waals surface area contributed by atoms with Crippen molar-refractivity contribution in [3.8, 4) is 0 Å². The van der Waals surface area contributed by atoms with Gasteiger partial charge in [0.05, 0.1) is 11.9 Å².